The molecule has 3 aromatic carbocycles. The Morgan fingerprint density at radius 1 is 0.571 bits per heavy atom. The molecule has 42 nitrogen and oxygen atoms in total. The smallest absolute Gasteiger partial charge is 0.409 e. The van der Waals surface area contributed by atoms with Gasteiger partial charge >= 0.3 is 24.0 Å². The molecule has 0 aliphatic carbocycles. The van der Waals surface area contributed by atoms with Gasteiger partial charge in [0.05, 0.1) is 49.2 Å². The normalized spacial score (nSPS) is 27.2. The summed E-state index contributed by atoms with van der Waals surface area (Å²) in [6.07, 6.45) is 1.18. The first-order valence-electron chi connectivity index (χ1n) is 46.9. The summed E-state index contributed by atoms with van der Waals surface area (Å²) in [7, 11) is 0. The summed E-state index contributed by atoms with van der Waals surface area (Å²) >= 11 is 2.72. The number of nitrogens with two attached hydrogens (primary N) is 1. The van der Waals surface area contributed by atoms with Crippen LogP contribution in [0.15, 0.2) is 125 Å². The molecule has 0 saturated carbocycles. The van der Waals surface area contributed by atoms with Gasteiger partial charge in [-0.1, -0.05) is 85.0 Å². The number of ether oxygens (including phenoxy) is 1. The van der Waals surface area contributed by atoms with Crippen molar-refractivity contribution >= 4 is 145 Å². The van der Waals surface area contributed by atoms with Crippen LogP contribution in [0.4, 0.5) is 4.79 Å². The maximum Gasteiger partial charge on any atom is 0.409 e. The fourth-order valence-electron chi connectivity index (χ4n) is 17.5. The molecule has 5 aromatic rings. The molecule has 44 heteroatoms. The van der Waals surface area contributed by atoms with Crippen molar-refractivity contribution in [1.82, 2.24) is 89.6 Å². The number of carbonyl (C=O) groups excluding carboxylic acids is 16. The van der Waals surface area contributed by atoms with Gasteiger partial charge in [0.2, 0.25) is 88.6 Å². The number of carbonyl (C=O) groups is 19. The van der Waals surface area contributed by atoms with Crippen LogP contribution >= 0.6 is 22.7 Å². The number of carboxylic acid groups (broad SMARTS) is 3. The number of hydrogen-bond donors (Lipinski definition) is 20. The molecule has 3 bridgehead atoms. The lowest BCUT2D eigenvalue weighted by Gasteiger charge is -2.38. The zero-order valence-corrected chi connectivity index (χ0v) is 80.3. The number of aliphatic carboxylic acids is 2. The van der Waals surface area contributed by atoms with Crippen LogP contribution in [-0.4, -0.2) is 278 Å². The third kappa shape index (κ3) is 31.2. The van der Waals surface area contributed by atoms with Gasteiger partial charge in [-0.3, -0.25) is 92.1 Å². The summed E-state index contributed by atoms with van der Waals surface area (Å²) in [5.41, 5.74) is 1.52. The number of allylic oxidation sites excluding steroid dienone is 3. The lowest BCUT2D eigenvalue weighted by atomic mass is 9.84. The molecule has 10 rings (SSSR count). The predicted molar refractivity (Wildman–Crippen MR) is 511 cm³/mol. The number of carboxylic acids is 3. The van der Waals surface area contributed by atoms with Gasteiger partial charge < -0.3 is 110 Å². The molecule has 2 unspecified atom stereocenters. The molecule has 15 atom stereocenters. The van der Waals surface area contributed by atoms with Crippen molar-refractivity contribution in [2.75, 3.05) is 39.3 Å². The summed E-state index contributed by atoms with van der Waals surface area (Å²) in [5.74, 6) is -18.2. The first-order chi connectivity index (χ1) is 66.7. The quantitative estimate of drug-likeness (QED) is 0.0608. The Morgan fingerprint density at radius 3 is 1.87 bits per heavy atom. The Hall–Kier alpha value is -13.6. The molecule has 2 aromatic heterocycles. The Balaban J connectivity index is 1.02. The van der Waals surface area contributed by atoms with Crippen LogP contribution in [-0.2, 0) is 112 Å². The van der Waals surface area contributed by atoms with Gasteiger partial charge in [0.15, 0.2) is 0 Å². The third-order valence-electron chi connectivity index (χ3n) is 25.3. The molecular formula is C96H126N18O24S2. The van der Waals surface area contributed by atoms with Crippen molar-refractivity contribution in [3.8, 4) is 0 Å². The average Bonchev–Trinajstić information content (AvgIpc) is 1.61. The molecule has 7 heterocycles. The van der Waals surface area contributed by atoms with Gasteiger partial charge in [0.1, 0.15) is 71.7 Å². The maximum atomic E-state index is 15.7. The highest BCUT2D eigenvalue weighted by Crippen LogP contribution is 2.35. The molecule has 16 amide bonds. The molecule has 0 radical (unpaired) electrons. The molecule has 3 fully saturated rings. The fraction of sp³-hybridized carbons (Fsp3) is 0.510. The number of primary amides is 1. The molecule has 140 heavy (non-hydrogen) atoms. The van der Waals surface area contributed by atoms with Crippen molar-refractivity contribution in [1.29, 1.82) is 0 Å². The number of nitrogens with one attached hydrogen (secondary N) is 15. The number of rotatable bonds is 16. The van der Waals surface area contributed by atoms with Crippen molar-refractivity contribution in [3.05, 3.63) is 153 Å². The highest BCUT2D eigenvalue weighted by molar-refractivity contribution is 7.17. The Kier molecular flexibility index (Phi) is 39.8. The maximum absolute atomic E-state index is 15.7. The monoisotopic (exact) mass is 1980 g/mol. The van der Waals surface area contributed by atoms with E-state index < -0.39 is 234 Å². The number of aliphatic hydroxyl groups is 1. The zero-order valence-electron chi connectivity index (χ0n) is 78.7. The number of cyclic esters (lactones) is 1. The third-order valence-corrected chi connectivity index (χ3v) is 27.0. The lowest BCUT2D eigenvalue weighted by Crippen LogP contribution is -2.65. The van der Waals surface area contributed by atoms with Crippen molar-refractivity contribution < 1.29 is 116 Å². The van der Waals surface area contributed by atoms with E-state index in [9.17, 15) is 78.0 Å². The summed E-state index contributed by atoms with van der Waals surface area (Å²) in [6.45, 7) is 4.94. The second kappa shape index (κ2) is 51.4. The number of aromatic carboxylic acids is 1. The van der Waals surface area contributed by atoms with Crippen LogP contribution in [0.3, 0.4) is 0 Å². The largest absolute Gasteiger partial charge is 0.481 e. The Morgan fingerprint density at radius 2 is 1.19 bits per heavy atom. The van der Waals surface area contributed by atoms with E-state index >= 15 is 33.6 Å². The highest BCUT2D eigenvalue weighted by atomic mass is 32.1. The number of likely N-dealkylation sites (tertiary alicyclic amines) is 1. The first-order valence-corrected chi connectivity index (χ1v) is 48.7. The highest BCUT2D eigenvalue weighted by Gasteiger charge is 2.51. The molecule has 5 aliphatic heterocycles. The molecule has 756 valence electrons. The number of amides is 16. The van der Waals surface area contributed by atoms with Crippen molar-refractivity contribution in [2.24, 2.45) is 5.73 Å². The van der Waals surface area contributed by atoms with Crippen LogP contribution < -0.4 is 85.5 Å². The molecule has 2 spiro atoms. The second-order valence-corrected chi connectivity index (χ2v) is 38.1. The number of thiophene rings is 2. The number of hydrogen-bond acceptors (Lipinski definition) is 25. The van der Waals surface area contributed by atoms with Gasteiger partial charge in [0, 0.05) is 69.5 Å². The Bertz CT molecular complexity index is 5390. The van der Waals surface area contributed by atoms with Gasteiger partial charge in [-0.05, 0) is 198 Å². The Labute approximate surface area is 816 Å². The number of benzene rings is 3. The summed E-state index contributed by atoms with van der Waals surface area (Å²) < 4.78 is 6.80. The van der Waals surface area contributed by atoms with E-state index in [1.165, 1.54) is 91.4 Å². The number of nitrogens with zero attached hydrogens (tertiary/aromatic N) is 2. The van der Waals surface area contributed by atoms with Crippen molar-refractivity contribution in [2.45, 2.75) is 271 Å². The topological polar surface area (TPSA) is 627 Å². The van der Waals surface area contributed by atoms with E-state index in [1.54, 1.807) is 71.5 Å². The predicted octanol–water partition coefficient (Wildman–Crippen LogP) is 0.803. The van der Waals surface area contributed by atoms with Crippen LogP contribution in [0, 0.1) is 0 Å². The molecule has 3 saturated heterocycles. The van der Waals surface area contributed by atoms with Crippen molar-refractivity contribution in [3.63, 3.8) is 0 Å². The number of fused-ring (bicyclic) bond motifs is 4. The van der Waals surface area contributed by atoms with Crippen LogP contribution in [0.5, 0.6) is 0 Å². The minimum absolute atomic E-state index is 0.0253. The SMILES string of the molecule is CC(=O)N1CCC[C@]12C/C=C\CCC[C@@]1(CCC/C=C/CCCOC(=O)N3CC4N[C@@H](Cc5ccsc5)C(=O)N[C@@H](Cc5csc6ccccc56)C(=O)N[C@H](C(=O)N[C@@H](C)C(N)=O)CCC(=O)NCCCC[C@H](NC(=O)[C@H](Cc5ccccc5)NC(=O)[C@H](C)NC(=O)C(C)(C)NC(=O)[C@H](Cc5cccc(C(=O)O)c5)NC(=O)[C@H](CC(=O)O)NC1=O)C(=O)N[C@@H]4C3)NC(O)CNC(=O)[C@H](CC(=O)O)NC2=O. The standard InChI is InChI=1S/C96H126N18O24S2/c1-55(79(97)122)100-82(125)65-32-33-75(116)98-39-21-17-30-64-83(126)108-73-52-113(51-72(73)102-66(46-60-34-42-139-53-60)84(127)107-69(86(129)104-65)47-62-54-140-74-31-16-15-29-63(62)74)93(137)138-41-22-11-7-6-8-18-35-95(36-19-9-10-20-37-96(38-24-40-114(96)57(3)115)92(136)110-70(48-77(118)119)81(124)99-50-76(117)111-95)91(135)109-71(49-78(120)121)87(130)106-68(45-59-27-23-28-61(43-59)89(132)133)88(131)112-94(4,5)90(134)101-56(2)80(123)105-67(85(128)103-64)44-58-25-13-12-14-26-58/h6-7,10,12-16,20,23,25-29,31,34,42-43,53-56,64-73,76,102,111,117H,8-9,11,17-19,21-22,24,30,32-33,35-41,44-52H2,1-5H3,(H2,97,122)(H,98,116)(H,99,124)(H,100,125)(H,101,134)(H,103,128)(H,104,129)(H,105,123)(H,106,130)(H,107,127)(H,108,126)(H,109,135)(H,110,136)(H,112,131)(H,118,119)(H,120,121)(H,132,133)/b7-6+,20-10-/t55-,56-,64-,65-,66-,67-,68-,69-,70-,71-,72?,73+,76?,95+,96-/m0/s1. The summed E-state index contributed by atoms with van der Waals surface area (Å²) in [6, 6.07) is 4.75. The minimum atomic E-state index is -2.10. The number of β-amino-alcohol motifs (C(OH)–C–C–N with tert-alkyl or cyclic N) is 1. The second-order valence-electron chi connectivity index (χ2n) is 36.4. The minimum Gasteiger partial charge on any atom is -0.481 e. The zero-order chi connectivity index (χ0) is 102. The van der Waals surface area contributed by atoms with Crippen LogP contribution in [0.1, 0.15) is 183 Å². The van der Waals surface area contributed by atoms with Gasteiger partial charge in [-0.15, -0.1) is 11.3 Å². The van der Waals surface area contributed by atoms with Gasteiger partial charge in [-0.25, -0.2) is 9.59 Å². The van der Waals surface area contributed by atoms with Crippen LogP contribution in [0.2, 0.25) is 0 Å². The molecular weight excluding hydrogens is 1850 g/mol. The average molecular weight is 1980 g/mol. The fourth-order valence-corrected chi connectivity index (χ4v) is 19.2. The van der Waals surface area contributed by atoms with Gasteiger partial charge in [0.25, 0.3) is 0 Å². The lowest BCUT2D eigenvalue weighted by molar-refractivity contribution is -0.146. The van der Waals surface area contributed by atoms with E-state index in [1.807, 2.05) is 29.6 Å². The van der Waals surface area contributed by atoms with E-state index in [2.05, 4.69) is 79.8 Å². The van der Waals surface area contributed by atoms with Gasteiger partial charge in [-0.2, -0.15) is 11.3 Å². The van der Waals surface area contributed by atoms with E-state index in [0.29, 0.717) is 23.1 Å². The van der Waals surface area contributed by atoms with E-state index in [0.717, 1.165) is 10.1 Å². The number of aliphatic hydroxyl groups excluding tert-OH is 1. The first kappa shape index (κ1) is 108. The van der Waals surface area contributed by atoms with Crippen LogP contribution in [0.25, 0.3) is 10.1 Å². The summed E-state index contributed by atoms with van der Waals surface area (Å²) in [4.78, 5) is 274. The molecule has 5 aliphatic rings. The molecule has 21 N–H and O–H groups in total. The van der Waals surface area contributed by atoms with E-state index in [4.69, 9.17) is 10.5 Å². The summed E-state index contributed by atoms with van der Waals surface area (Å²) in [5, 5.41) is 89.9. The van der Waals surface area contributed by atoms with E-state index in [-0.39, 0.29) is 159 Å².